The first-order valence-electron chi connectivity index (χ1n) is 6.39. The van der Waals surface area contributed by atoms with E-state index in [1.807, 2.05) is 0 Å². The second-order valence-corrected chi connectivity index (χ2v) is 6.31. The predicted octanol–water partition coefficient (Wildman–Crippen LogP) is 3.52. The Morgan fingerprint density at radius 2 is 1.75 bits per heavy atom. The molecule has 128 valence electrons. The van der Waals surface area contributed by atoms with Gasteiger partial charge >= 0.3 is 16.3 Å². The van der Waals surface area contributed by atoms with E-state index in [2.05, 4.69) is 0 Å². The van der Waals surface area contributed by atoms with E-state index in [4.69, 9.17) is 4.18 Å². The molecule has 0 saturated carbocycles. The van der Waals surface area contributed by atoms with Gasteiger partial charge < -0.3 is 4.18 Å². The molecule has 0 atom stereocenters. The van der Waals surface area contributed by atoms with E-state index < -0.39 is 32.5 Å². The zero-order valence-corrected chi connectivity index (χ0v) is 12.7. The van der Waals surface area contributed by atoms with Crippen molar-refractivity contribution in [2.75, 3.05) is 0 Å². The monoisotopic (exact) mass is 361 g/mol. The van der Waals surface area contributed by atoms with Gasteiger partial charge in [-0.2, -0.15) is 21.6 Å². The van der Waals surface area contributed by atoms with Gasteiger partial charge in [0.2, 0.25) is 0 Å². The number of halogens is 3. The minimum absolute atomic E-state index is 0.116. The molecule has 0 aliphatic heterocycles. The van der Waals surface area contributed by atoms with E-state index >= 15 is 0 Å². The number of hydrogen-bond donors (Lipinski definition) is 0. The highest BCUT2D eigenvalue weighted by Crippen LogP contribution is 2.30. The standard InChI is InChI=1S/C14H10F3NO5S/c15-14(16,17)11-4-1-3-10(7-11)9-24(21,22)23-13-6-2-5-12(8-13)18(19)20/h1-8H,9H2. The molecule has 0 spiro atoms. The zero-order chi connectivity index (χ0) is 18.0. The molecule has 0 unspecified atom stereocenters. The number of hydrogen-bond acceptors (Lipinski definition) is 5. The third kappa shape index (κ3) is 4.69. The average Bonchev–Trinajstić information content (AvgIpc) is 2.45. The molecule has 24 heavy (non-hydrogen) atoms. The summed E-state index contributed by atoms with van der Waals surface area (Å²) >= 11 is 0. The fraction of sp³-hybridized carbons (Fsp3) is 0.143. The highest BCUT2D eigenvalue weighted by Gasteiger charge is 2.30. The molecule has 0 radical (unpaired) electrons. The third-order valence-corrected chi connectivity index (χ3v) is 3.98. The number of nitro groups is 1. The number of benzene rings is 2. The van der Waals surface area contributed by atoms with Crippen molar-refractivity contribution in [3.8, 4) is 5.75 Å². The Morgan fingerprint density at radius 3 is 2.38 bits per heavy atom. The van der Waals surface area contributed by atoms with Gasteiger partial charge in [-0.3, -0.25) is 10.1 Å². The van der Waals surface area contributed by atoms with Crippen LogP contribution in [0.5, 0.6) is 5.75 Å². The number of nitro benzene ring substituents is 1. The normalized spacial score (nSPS) is 12.0. The van der Waals surface area contributed by atoms with Crippen molar-refractivity contribution in [3.63, 3.8) is 0 Å². The molecule has 0 saturated heterocycles. The molecule has 0 amide bonds. The zero-order valence-electron chi connectivity index (χ0n) is 11.9. The van der Waals surface area contributed by atoms with Crippen LogP contribution in [0.25, 0.3) is 0 Å². The summed E-state index contributed by atoms with van der Waals surface area (Å²) in [6.45, 7) is 0. The molecule has 2 aromatic rings. The van der Waals surface area contributed by atoms with E-state index in [9.17, 15) is 31.7 Å². The van der Waals surface area contributed by atoms with Gasteiger partial charge in [0.15, 0.2) is 0 Å². The van der Waals surface area contributed by atoms with Crippen LogP contribution in [0.1, 0.15) is 11.1 Å². The first kappa shape index (κ1) is 17.7. The SMILES string of the molecule is O=[N+]([O-])c1cccc(OS(=O)(=O)Cc2cccc(C(F)(F)F)c2)c1. The Hall–Kier alpha value is -2.62. The second-order valence-electron chi connectivity index (χ2n) is 4.74. The lowest BCUT2D eigenvalue weighted by Gasteiger charge is -2.10. The number of rotatable bonds is 5. The molecule has 0 aliphatic rings. The van der Waals surface area contributed by atoms with Crippen LogP contribution < -0.4 is 4.18 Å². The van der Waals surface area contributed by atoms with Crippen molar-refractivity contribution in [2.24, 2.45) is 0 Å². The molecule has 10 heteroatoms. The van der Waals surface area contributed by atoms with Gasteiger partial charge in [-0.15, -0.1) is 0 Å². The van der Waals surface area contributed by atoms with Crippen LogP contribution in [-0.4, -0.2) is 13.3 Å². The van der Waals surface area contributed by atoms with Gasteiger partial charge in [0, 0.05) is 6.07 Å². The van der Waals surface area contributed by atoms with E-state index in [1.54, 1.807) is 0 Å². The van der Waals surface area contributed by atoms with Gasteiger partial charge in [-0.25, -0.2) is 0 Å². The lowest BCUT2D eigenvalue weighted by molar-refractivity contribution is -0.384. The number of non-ortho nitro benzene ring substituents is 1. The first-order chi connectivity index (χ1) is 11.1. The van der Waals surface area contributed by atoms with Crippen molar-refractivity contribution < 1.29 is 30.7 Å². The summed E-state index contributed by atoms with van der Waals surface area (Å²) in [6, 6.07) is 8.29. The lowest BCUT2D eigenvalue weighted by atomic mass is 10.1. The van der Waals surface area contributed by atoms with Crippen LogP contribution in [0.2, 0.25) is 0 Å². The Kier molecular flexibility index (Phi) is 4.78. The van der Waals surface area contributed by atoms with Crippen LogP contribution in [0.15, 0.2) is 48.5 Å². The summed E-state index contributed by atoms with van der Waals surface area (Å²) in [4.78, 5) is 9.91. The Bertz CT molecular complexity index is 865. The summed E-state index contributed by atoms with van der Waals surface area (Å²) in [7, 11) is -4.28. The molecule has 2 rings (SSSR count). The molecule has 0 bridgehead atoms. The first-order valence-corrected chi connectivity index (χ1v) is 7.97. The number of nitrogens with zero attached hydrogens (tertiary/aromatic N) is 1. The third-order valence-electron chi connectivity index (χ3n) is 2.85. The van der Waals surface area contributed by atoms with Crippen LogP contribution >= 0.6 is 0 Å². The molecule has 0 fully saturated rings. The Labute approximate surface area is 134 Å². The van der Waals surface area contributed by atoms with Crippen molar-refractivity contribution >= 4 is 15.8 Å². The molecule has 2 aromatic carbocycles. The van der Waals surface area contributed by atoms with Crippen LogP contribution in [-0.2, 0) is 22.0 Å². The highest BCUT2D eigenvalue weighted by molar-refractivity contribution is 7.86. The Balaban J connectivity index is 2.20. The fourth-order valence-corrected chi connectivity index (χ4v) is 2.91. The average molecular weight is 361 g/mol. The molecule has 0 heterocycles. The topological polar surface area (TPSA) is 86.5 Å². The van der Waals surface area contributed by atoms with Crippen molar-refractivity contribution in [2.45, 2.75) is 11.9 Å². The maximum atomic E-state index is 12.6. The van der Waals surface area contributed by atoms with Crippen LogP contribution in [0.3, 0.4) is 0 Å². The summed E-state index contributed by atoms with van der Waals surface area (Å²) < 4.78 is 66.5. The van der Waals surface area contributed by atoms with Crippen molar-refractivity contribution in [3.05, 3.63) is 69.8 Å². The minimum Gasteiger partial charge on any atom is -0.382 e. The molecular formula is C14H10F3NO5S. The smallest absolute Gasteiger partial charge is 0.382 e. The quantitative estimate of drug-likeness (QED) is 0.462. The molecule has 0 aliphatic carbocycles. The Morgan fingerprint density at radius 1 is 1.08 bits per heavy atom. The van der Waals surface area contributed by atoms with Crippen molar-refractivity contribution in [1.82, 2.24) is 0 Å². The highest BCUT2D eigenvalue weighted by atomic mass is 32.2. The summed E-state index contributed by atoms with van der Waals surface area (Å²) in [5, 5.41) is 10.6. The second kappa shape index (κ2) is 6.48. The summed E-state index contributed by atoms with van der Waals surface area (Å²) in [6.07, 6.45) is -4.60. The molecule has 0 N–H and O–H groups in total. The van der Waals surface area contributed by atoms with E-state index in [-0.39, 0.29) is 17.0 Å². The predicted molar refractivity (Wildman–Crippen MR) is 77.8 cm³/mol. The van der Waals surface area contributed by atoms with Gasteiger partial charge in [0.25, 0.3) is 5.69 Å². The van der Waals surface area contributed by atoms with Gasteiger partial charge in [0.1, 0.15) is 11.5 Å². The van der Waals surface area contributed by atoms with Gasteiger partial charge in [0.05, 0.1) is 16.6 Å². The molecule has 6 nitrogen and oxygen atoms in total. The molecule has 0 aromatic heterocycles. The largest absolute Gasteiger partial charge is 0.416 e. The van der Waals surface area contributed by atoms with Gasteiger partial charge in [-0.1, -0.05) is 24.3 Å². The van der Waals surface area contributed by atoms with Crippen LogP contribution in [0.4, 0.5) is 18.9 Å². The van der Waals surface area contributed by atoms with Crippen LogP contribution in [0, 0.1) is 10.1 Å². The summed E-state index contributed by atoms with van der Waals surface area (Å²) in [5.74, 6) is -1.10. The fourth-order valence-electron chi connectivity index (χ4n) is 1.87. The molecular weight excluding hydrogens is 351 g/mol. The summed E-state index contributed by atoms with van der Waals surface area (Å²) in [5.41, 5.74) is -1.47. The maximum absolute atomic E-state index is 12.6. The van der Waals surface area contributed by atoms with Gasteiger partial charge in [-0.05, 0) is 17.7 Å². The maximum Gasteiger partial charge on any atom is 0.416 e. The van der Waals surface area contributed by atoms with E-state index in [0.29, 0.717) is 6.07 Å². The van der Waals surface area contributed by atoms with Crippen molar-refractivity contribution in [1.29, 1.82) is 0 Å². The minimum atomic E-state index is -4.60. The van der Waals surface area contributed by atoms with E-state index in [1.165, 1.54) is 18.2 Å². The van der Waals surface area contributed by atoms with E-state index in [0.717, 1.165) is 24.3 Å². The number of alkyl halides is 3. The lowest BCUT2D eigenvalue weighted by Crippen LogP contribution is -2.13.